The van der Waals surface area contributed by atoms with Crippen molar-refractivity contribution in [1.29, 1.82) is 0 Å². The van der Waals surface area contributed by atoms with E-state index in [1.54, 1.807) is 24.4 Å². The van der Waals surface area contributed by atoms with E-state index in [2.05, 4.69) is 15.3 Å². The van der Waals surface area contributed by atoms with Gasteiger partial charge in [-0.1, -0.05) is 18.6 Å². The van der Waals surface area contributed by atoms with Crippen LogP contribution in [0.1, 0.15) is 31.1 Å². The minimum absolute atomic E-state index is 0.0966. The fourth-order valence-corrected chi connectivity index (χ4v) is 2.60. The summed E-state index contributed by atoms with van der Waals surface area (Å²) in [7, 11) is 0. The number of aromatic nitrogens is 2. The molecule has 2 heterocycles. The first-order valence-electron chi connectivity index (χ1n) is 6.78. The fraction of sp³-hybridized carbons (Fsp3) is 0.357. The first-order valence-corrected chi connectivity index (χ1v) is 6.78. The van der Waals surface area contributed by atoms with Crippen LogP contribution in [-0.2, 0) is 0 Å². The van der Waals surface area contributed by atoms with E-state index in [1.165, 1.54) is 18.9 Å². The summed E-state index contributed by atoms with van der Waals surface area (Å²) in [5.74, 6) is 0.859. The standard InChI is InChI=1S/C14H16N4O2/c19-18(20)13-7-2-1-5-10(13)12-9-16-14(17-12)11-6-3-4-8-15-11/h1-2,5,7,9,11,15H,3-4,6,8H2,(H,16,17). The zero-order chi connectivity index (χ0) is 13.9. The SMILES string of the molecule is O=[N+]([O-])c1ccccc1-c1cnc(C2CCCCN2)[nH]1. The number of H-pyrrole nitrogens is 1. The highest BCUT2D eigenvalue weighted by atomic mass is 16.6. The molecule has 6 nitrogen and oxygen atoms in total. The number of piperidine rings is 1. The molecule has 1 unspecified atom stereocenters. The lowest BCUT2D eigenvalue weighted by Gasteiger charge is -2.21. The molecule has 1 aromatic carbocycles. The van der Waals surface area contributed by atoms with Crippen molar-refractivity contribution in [2.45, 2.75) is 25.3 Å². The molecule has 0 radical (unpaired) electrons. The summed E-state index contributed by atoms with van der Waals surface area (Å²) in [5, 5.41) is 14.5. The molecule has 1 saturated heterocycles. The van der Waals surface area contributed by atoms with Gasteiger partial charge in [0.2, 0.25) is 0 Å². The molecule has 0 spiro atoms. The van der Waals surface area contributed by atoms with Gasteiger partial charge in [-0.3, -0.25) is 10.1 Å². The Bertz CT molecular complexity index is 617. The second kappa shape index (κ2) is 5.42. The van der Waals surface area contributed by atoms with E-state index in [-0.39, 0.29) is 16.7 Å². The molecule has 20 heavy (non-hydrogen) atoms. The van der Waals surface area contributed by atoms with Crippen molar-refractivity contribution < 1.29 is 4.92 Å². The second-order valence-electron chi connectivity index (χ2n) is 4.96. The number of hydrogen-bond donors (Lipinski definition) is 2. The number of nitro benzene ring substituents is 1. The van der Waals surface area contributed by atoms with Crippen molar-refractivity contribution in [2.24, 2.45) is 0 Å². The maximum Gasteiger partial charge on any atom is 0.278 e. The number of nitrogens with zero attached hydrogens (tertiary/aromatic N) is 2. The van der Waals surface area contributed by atoms with E-state index < -0.39 is 0 Å². The van der Waals surface area contributed by atoms with Gasteiger partial charge in [-0.2, -0.15) is 0 Å². The fourth-order valence-electron chi connectivity index (χ4n) is 2.60. The van der Waals surface area contributed by atoms with Gasteiger partial charge in [-0.25, -0.2) is 4.98 Å². The van der Waals surface area contributed by atoms with Crippen LogP contribution in [0.3, 0.4) is 0 Å². The molecule has 2 N–H and O–H groups in total. The molecule has 2 aromatic rings. The lowest BCUT2D eigenvalue weighted by atomic mass is 10.0. The minimum atomic E-state index is -0.366. The van der Waals surface area contributed by atoms with Crippen LogP contribution in [0.15, 0.2) is 30.5 Å². The third kappa shape index (κ3) is 2.42. The average Bonchev–Trinajstić information content (AvgIpc) is 2.98. The van der Waals surface area contributed by atoms with Gasteiger partial charge < -0.3 is 10.3 Å². The van der Waals surface area contributed by atoms with Gasteiger partial charge in [0.15, 0.2) is 0 Å². The number of benzene rings is 1. The quantitative estimate of drug-likeness (QED) is 0.664. The van der Waals surface area contributed by atoms with E-state index in [1.807, 2.05) is 0 Å². The van der Waals surface area contributed by atoms with Gasteiger partial charge >= 0.3 is 0 Å². The van der Waals surface area contributed by atoms with Crippen molar-refractivity contribution in [3.05, 3.63) is 46.4 Å². The molecule has 0 amide bonds. The van der Waals surface area contributed by atoms with Crippen LogP contribution in [0.5, 0.6) is 0 Å². The number of nitro groups is 1. The Kier molecular flexibility index (Phi) is 3.47. The van der Waals surface area contributed by atoms with E-state index >= 15 is 0 Å². The summed E-state index contributed by atoms with van der Waals surface area (Å²) in [6, 6.07) is 6.93. The zero-order valence-corrected chi connectivity index (χ0v) is 11.0. The largest absolute Gasteiger partial charge is 0.340 e. The van der Waals surface area contributed by atoms with E-state index in [4.69, 9.17) is 0 Å². The van der Waals surface area contributed by atoms with Gasteiger partial charge in [0.25, 0.3) is 5.69 Å². The Balaban J connectivity index is 1.92. The summed E-state index contributed by atoms with van der Waals surface area (Å²) >= 11 is 0. The van der Waals surface area contributed by atoms with Crippen molar-refractivity contribution >= 4 is 5.69 Å². The third-order valence-corrected chi connectivity index (χ3v) is 3.63. The van der Waals surface area contributed by atoms with Crippen LogP contribution >= 0.6 is 0 Å². The second-order valence-corrected chi connectivity index (χ2v) is 4.96. The summed E-state index contributed by atoms with van der Waals surface area (Å²) in [6.45, 7) is 0.992. The van der Waals surface area contributed by atoms with Crippen LogP contribution in [0.4, 0.5) is 5.69 Å². The topological polar surface area (TPSA) is 83.8 Å². The number of aromatic amines is 1. The maximum absolute atomic E-state index is 11.1. The first kappa shape index (κ1) is 12.8. The van der Waals surface area contributed by atoms with Crippen molar-refractivity contribution in [1.82, 2.24) is 15.3 Å². The van der Waals surface area contributed by atoms with Gasteiger partial charge in [0.1, 0.15) is 5.82 Å². The molecule has 1 aromatic heterocycles. The average molecular weight is 272 g/mol. The number of imidazole rings is 1. The predicted molar refractivity (Wildman–Crippen MR) is 75.3 cm³/mol. The predicted octanol–water partition coefficient (Wildman–Crippen LogP) is 2.80. The number of para-hydroxylation sites is 1. The Hall–Kier alpha value is -2.21. The van der Waals surface area contributed by atoms with Crippen molar-refractivity contribution in [3.8, 4) is 11.3 Å². The summed E-state index contributed by atoms with van der Waals surface area (Å²) in [4.78, 5) is 18.3. The highest BCUT2D eigenvalue weighted by Crippen LogP contribution is 2.29. The van der Waals surface area contributed by atoms with E-state index in [0.717, 1.165) is 18.8 Å². The monoisotopic (exact) mass is 272 g/mol. The molecule has 1 aliphatic rings. The number of nitrogens with one attached hydrogen (secondary N) is 2. The Morgan fingerprint density at radius 3 is 2.90 bits per heavy atom. The molecule has 104 valence electrons. The Morgan fingerprint density at radius 2 is 2.15 bits per heavy atom. The van der Waals surface area contributed by atoms with Gasteiger partial charge in [-0.15, -0.1) is 0 Å². The molecule has 1 aliphatic heterocycles. The molecular weight excluding hydrogens is 256 g/mol. The zero-order valence-electron chi connectivity index (χ0n) is 11.0. The van der Waals surface area contributed by atoms with Crippen molar-refractivity contribution in [2.75, 3.05) is 6.54 Å². The van der Waals surface area contributed by atoms with Gasteiger partial charge in [0.05, 0.1) is 28.4 Å². The first-order chi connectivity index (χ1) is 9.75. The highest BCUT2D eigenvalue weighted by Gasteiger charge is 2.20. The lowest BCUT2D eigenvalue weighted by molar-refractivity contribution is -0.384. The van der Waals surface area contributed by atoms with Gasteiger partial charge in [0, 0.05) is 6.07 Å². The Morgan fingerprint density at radius 1 is 1.30 bits per heavy atom. The highest BCUT2D eigenvalue weighted by molar-refractivity contribution is 5.70. The molecule has 0 aliphatic carbocycles. The summed E-state index contributed by atoms with van der Waals surface area (Å²) in [5.41, 5.74) is 1.37. The molecular formula is C14H16N4O2. The van der Waals surface area contributed by atoms with E-state index in [9.17, 15) is 10.1 Å². The van der Waals surface area contributed by atoms with Crippen molar-refractivity contribution in [3.63, 3.8) is 0 Å². The lowest BCUT2D eigenvalue weighted by Crippen LogP contribution is -2.27. The summed E-state index contributed by atoms with van der Waals surface area (Å²) in [6.07, 6.45) is 5.09. The number of hydrogen-bond acceptors (Lipinski definition) is 4. The maximum atomic E-state index is 11.1. The normalized spacial score (nSPS) is 18.9. The third-order valence-electron chi connectivity index (χ3n) is 3.63. The van der Waals surface area contributed by atoms with Crippen LogP contribution < -0.4 is 5.32 Å². The molecule has 1 atom stereocenters. The Labute approximate surface area is 116 Å². The van der Waals surface area contributed by atoms with Gasteiger partial charge in [-0.05, 0) is 25.5 Å². The van der Waals surface area contributed by atoms with E-state index in [0.29, 0.717) is 11.3 Å². The molecule has 3 rings (SSSR count). The van der Waals surface area contributed by atoms with Crippen LogP contribution in [0.2, 0.25) is 0 Å². The van der Waals surface area contributed by atoms with Crippen LogP contribution in [0, 0.1) is 10.1 Å². The molecule has 0 saturated carbocycles. The smallest absolute Gasteiger partial charge is 0.278 e. The molecule has 1 fully saturated rings. The molecule has 0 bridgehead atoms. The molecule has 6 heteroatoms. The van der Waals surface area contributed by atoms with Crippen LogP contribution in [0.25, 0.3) is 11.3 Å². The summed E-state index contributed by atoms with van der Waals surface area (Å²) < 4.78 is 0. The van der Waals surface area contributed by atoms with Crippen LogP contribution in [-0.4, -0.2) is 21.4 Å². The number of rotatable bonds is 3. The minimum Gasteiger partial charge on any atom is -0.340 e.